The lowest BCUT2D eigenvalue weighted by Crippen LogP contribution is -2.23. The van der Waals surface area contributed by atoms with Gasteiger partial charge < -0.3 is 9.26 Å². The number of nitrogens with zero attached hydrogens (tertiary/aromatic N) is 2. The van der Waals surface area contributed by atoms with Crippen LogP contribution in [0.25, 0.3) is 0 Å². The average Bonchev–Trinajstić information content (AvgIpc) is 3.16. The van der Waals surface area contributed by atoms with Crippen LogP contribution in [0.2, 0.25) is 0 Å². The van der Waals surface area contributed by atoms with Gasteiger partial charge in [0.15, 0.2) is 0 Å². The van der Waals surface area contributed by atoms with Crippen molar-refractivity contribution >= 4 is 15.9 Å². The Bertz CT molecular complexity index is 669. The van der Waals surface area contributed by atoms with Crippen LogP contribution in [0.1, 0.15) is 55.7 Å². The molecular formula is C18H23BrN2O2. The molecule has 2 heterocycles. The van der Waals surface area contributed by atoms with E-state index < -0.39 is 0 Å². The van der Waals surface area contributed by atoms with Gasteiger partial charge in [0.2, 0.25) is 0 Å². The number of likely N-dealkylation sites (tertiary alicyclic amines) is 1. The molecular weight excluding hydrogens is 356 g/mol. The molecule has 1 aromatic heterocycles. The molecule has 23 heavy (non-hydrogen) atoms. The van der Waals surface area contributed by atoms with Gasteiger partial charge in [-0.1, -0.05) is 25.1 Å². The lowest BCUT2D eigenvalue weighted by atomic mass is 10.1. The van der Waals surface area contributed by atoms with E-state index in [9.17, 15) is 0 Å². The van der Waals surface area contributed by atoms with Crippen molar-refractivity contribution in [3.05, 3.63) is 45.8 Å². The fraction of sp³-hybridized carbons (Fsp3) is 0.500. The van der Waals surface area contributed by atoms with Crippen molar-refractivity contribution in [2.45, 2.75) is 45.2 Å². The number of ether oxygens (including phenoxy) is 1. The number of halogens is 1. The van der Waals surface area contributed by atoms with Crippen LogP contribution in [0.4, 0.5) is 0 Å². The summed E-state index contributed by atoms with van der Waals surface area (Å²) in [6.45, 7) is 6.27. The summed E-state index contributed by atoms with van der Waals surface area (Å²) in [5, 5.41) is 4.31. The maximum atomic E-state index is 5.49. The van der Waals surface area contributed by atoms with Gasteiger partial charge in [-0.05, 0) is 53.0 Å². The third kappa shape index (κ3) is 3.61. The maximum absolute atomic E-state index is 5.49. The highest BCUT2D eigenvalue weighted by Gasteiger charge is 2.29. The van der Waals surface area contributed by atoms with Gasteiger partial charge in [0.1, 0.15) is 17.2 Å². The molecule has 0 radical (unpaired) electrons. The third-order valence-corrected chi connectivity index (χ3v) is 5.04. The molecule has 0 N–H and O–H groups in total. The molecule has 0 bridgehead atoms. The van der Waals surface area contributed by atoms with E-state index in [2.05, 4.69) is 58.0 Å². The summed E-state index contributed by atoms with van der Waals surface area (Å²) in [5.74, 6) is 2.22. The van der Waals surface area contributed by atoms with E-state index >= 15 is 0 Å². The molecule has 3 rings (SSSR count). The van der Waals surface area contributed by atoms with E-state index in [0.29, 0.717) is 12.0 Å². The average molecular weight is 379 g/mol. The largest absolute Gasteiger partial charge is 0.496 e. The van der Waals surface area contributed by atoms with Gasteiger partial charge in [0.25, 0.3) is 0 Å². The number of hydrogen-bond acceptors (Lipinski definition) is 4. The monoisotopic (exact) mass is 378 g/mol. The van der Waals surface area contributed by atoms with Gasteiger partial charge in [-0.3, -0.25) is 4.90 Å². The second-order valence-electron chi connectivity index (χ2n) is 6.41. The Hall–Kier alpha value is -1.33. The first-order valence-corrected chi connectivity index (χ1v) is 8.90. The van der Waals surface area contributed by atoms with E-state index in [1.54, 1.807) is 7.11 Å². The molecule has 1 atom stereocenters. The van der Waals surface area contributed by atoms with Crippen molar-refractivity contribution in [1.82, 2.24) is 10.1 Å². The Labute approximate surface area is 145 Å². The number of hydrogen-bond donors (Lipinski definition) is 0. The second kappa shape index (κ2) is 7.05. The maximum Gasteiger partial charge on any atom is 0.139 e. The zero-order valence-corrected chi connectivity index (χ0v) is 15.5. The lowest BCUT2D eigenvalue weighted by Gasteiger charge is -2.23. The fourth-order valence-corrected chi connectivity index (χ4v) is 3.71. The van der Waals surface area contributed by atoms with Crippen LogP contribution in [0.3, 0.4) is 0 Å². The number of rotatable bonds is 5. The molecule has 1 fully saturated rings. The summed E-state index contributed by atoms with van der Waals surface area (Å²) >= 11 is 3.57. The first-order valence-electron chi connectivity index (χ1n) is 8.11. The number of aromatic nitrogens is 1. The van der Waals surface area contributed by atoms with Crippen LogP contribution in [0.5, 0.6) is 5.75 Å². The SMILES string of the molecule is COc1ccc(CN2CCCC2c2cc(C(C)C)on2)cc1Br. The van der Waals surface area contributed by atoms with Crippen molar-refractivity contribution in [2.24, 2.45) is 0 Å². The summed E-state index contributed by atoms with van der Waals surface area (Å²) in [6.07, 6.45) is 2.34. The first-order chi connectivity index (χ1) is 11.1. The van der Waals surface area contributed by atoms with E-state index in [1.165, 1.54) is 12.0 Å². The number of methoxy groups -OCH3 is 1. The molecule has 1 aliphatic heterocycles. The summed E-state index contributed by atoms with van der Waals surface area (Å²) < 4.78 is 11.8. The minimum absolute atomic E-state index is 0.354. The van der Waals surface area contributed by atoms with Crippen molar-refractivity contribution in [1.29, 1.82) is 0 Å². The smallest absolute Gasteiger partial charge is 0.139 e. The first kappa shape index (κ1) is 16.5. The summed E-state index contributed by atoms with van der Waals surface area (Å²) in [7, 11) is 1.69. The predicted molar refractivity (Wildman–Crippen MR) is 93.7 cm³/mol. The van der Waals surface area contributed by atoms with Gasteiger partial charge in [0, 0.05) is 18.5 Å². The van der Waals surface area contributed by atoms with Gasteiger partial charge in [-0.25, -0.2) is 0 Å². The molecule has 2 aromatic rings. The topological polar surface area (TPSA) is 38.5 Å². The van der Waals surface area contributed by atoms with Gasteiger partial charge in [-0.2, -0.15) is 0 Å². The highest BCUT2D eigenvalue weighted by atomic mass is 79.9. The summed E-state index contributed by atoms with van der Waals surface area (Å²) in [5.41, 5.74) is 2.34. The Morgan fingerprint density at radius 2 is 2.22 bits per heavy atom. The van der Waals surface area contributed by atoms with E-state index in [0.717, 1.165) is 41.2 Å². The lowest BCUT2D eigenvalue weighted by molar-refractivity contribution is 0.236. The van der Waals surface area contributed by atoms with Gasteiger partial charge >= 0.3 is 0 Å². The Morgan fingerprint density at radius 1 is 1.39 bits per heavy atom. The standard InChI is InChI=1S/C18H23BrN2O2/c1-12(2)18-10-15(20-23-18)16-5-4-8-21(16)11-13-6-7-17(22-3)14(19)9-13/h6-7,9-10,12,16H,4-5,8,11H2,1-3H3. The summed E-state index contributed by atoms with van der Waals surface area (Å²) in [4.78, 5) is 2.48. The third-order valence-electron chi connectivity index (χ3n) is 4.42. The van der Waals surface area contributed by atoms with Crippen LogP contribution >= 0.6 is 15.9 Å². The Balaban J connectivity index is 1.75. The molecule has 1 aliphatic rings. The molecule has 0 amide bonds. The van der Waals surface area contributed by atoms with Crippen LogP contribution in [0.15, 0.2) is 33.3 Å². The molecule has 5 heteroatoms. The molecule has 0 saturated carbocycles. The van der Waals surface area contributed by atoms with Crippen molar-refractivity contribution in [3.63, 3.8) is 0 Å². The van der Waals surface area contributed by atoms with Crippen LogP contribution in [0, 0.1) is 0 Å². The minimum Gasteiger partial charge on any atom is -0.496 e. The molecule has 1 saturated heterocycles. The van der Waals surface area contributed by atoms with Crippen molar-refractivity contribution < 1.29 is 9.26 Å². The molecule has 4 nitrogen and oxygen atoms in total. The highest BCUT2D eigenvalue weighted by molar-refractivity contribution is 9.10. The highest BCUT2D eigenvalue weighted by Crippen LogP contribution is 2.34. The Morgan fingerprint density at radius 3 is 2.87 bits per heavy atom. The minimum atomic E-state index is 0.354. The van der Waals surface area contributed by atoms with Gasteiger partial charge in [0.05, 0.1) is 17.6 Å². The van der Waals surface area contributed by atoms with Crippen LogP contribution in [-0.2, 0) is 6.54 Å². The molecule has 0 spiro atoms. The zero-order chi connectivity index (χ0) is 16.4. The molecule has 0 aliphatic carbocycles. The molecule has 1 unspecified atom stereocenters. The van der Waals surface area contributed by atoms with Crippen LogP contribution in [-0.4, -0.2) is 23.7 Å². The molecule has 124 valence electrons. The quantitative estimate of drug-likeness (QED) is 0.740. The van der Waals surface area contributed by atoms with Crippen molar-refractivity contribution in [3.8, 4) is 5.75 Å². The normalized spacial score (nSPS) is 18.7. The summed E-state index contributed by atoms with van der Waals surface area (Å²) in [6, 6.07) is 8.75. The second-order valence-corrected chi connectivity index (χ2v) is 7.26. The predicted octanol–water partition coefficient (Wildman–Crippen LogP) is 4.91. The Kier molecular flexibility index (Phi) is 5.07. The zero-order valence-electron chi connectivity index (χ0n) is 13.9. The fourth-order valence-electron chi connectivity index (χ4n) is 3.13. The molecule has 1 aromatic carbocycles. The number of benzene rings is 1. The van der Waals surface area contributed by atoms with E-state index in [-0.39, 0.29) is 0 Å². The van der Waals surface area contributed by atoms with Crippen molar-refractivity contribution in [2.75, 3.05) is 13.7 Å². The van der Waals surface area contributed by atoms with E-state index in [4.69, 9.17) is 9.26 Å². The van der Waals surface area contributed by atoms with Crippen LogP contribution < -0.4 is 4.74 Å². The van der Waals surface area contributed by atoms with Gasteiger partial charge in [-0.15, -0.1) is 0 Å². The van der Waals surface area contributed by atoms with E-state index in [1.807, 2.05) is 6.07 Å².